The van der Waals surface area contributed by atoms with E-state index in [1.807, 2.05) is 37.3 Å². The fraction of sp³-hybridized carbons (Fsp3) is 0.308. The predicted molar refractivity (Wildman–Crippen MR) is 67.1 cm³/mol. The first-order chi connectivity index (χ1) is 8.20. The summed E-state index contributed by atoms with van der Waals surface area (Å²) < 4.78 is 5.73. The van der Waals surface area contributed by atoms with Crippen LogP contribution in [0.3, 0.4) is 0 Å². The lowest BCUT2D eigenvalue weighted by Crippen LogP contribution is -2.09. The highest BCUT2D eigenvalue weighted by Crippen LogP contribution is 2.28. The van der Waals surface area contributed by atoms with E-state index in [4.69, 9.17) is 10.5 Å². The van der Waals surface area contributed by atoms with Crippen molar-refractivity contribution in [3.05, 3.63) is 41.6 Å². The van der Waals surface area contributed by atoms with Gasteiger partial charge in [0.15, 0.2) is 0 Å². The summed E-state index contributed by atoms with van der Waals surface area (Å²) in [5, 5.41) is 6.89. The van der Waals surface area contributed by atoms with Gasteiger partial charge in [0, 0.05) is 23.4 Å². The van der Waals surface area contributed by atoms with E-state index in [1.165, 1.54) is 0 Å². The molecule has 1 aromatic heterocycles. The Bertz CT molecular complexity index is 493. The van der Waals surface area contributed by atoms with Crippen LogP contribution in [0.2, 0.25) is 0 Å². The minimum Gasteiger partial charge on any atom is -0.437 e. The zero-order valence-electron chi connectivity index (χ0n) is 10.1. The summed E-state index contributed by atoms with van der Waals surface area (Å²) >= 11 is 0. The molecule has 0 bridgehead atoms. The third-order valence-corrected chi connectivity index (χ3v) is 2.66. The number of para-hydroxylation sites is 1. The molecule has 0 aliphatic heterocycles. The Morgan fingerprint density at radius 2 is 2.18 bits per heavy atom. The summed E-state index contributed by atoms with van der Waals surface area (Å²) in [7, 11) is 0. The van der Waals surface area contributed by atoms with Gasteiger partial charge in [-0.25, -0.2) is 0 Å². The molecule has 3 N–H and O–H groups in total. The normalized spacial score (nSPS) is 12.4. The zero-order chi connectivity index (χ0) is 12.3. The number of nitrogens with zero attached hydrogens (tertiary/aromatic N) is 1. The van der Waals surface area contributed by atoms with Crippen molar-refractivity contribution >= 4 is 0 Å². The average molecular weight is 231 g/mol. The molecule has 0 aliphatic rings. The lowest BCUT2D eigenvalue weighted by Gasteiger charge is -2.13. The molecule has 0 amide bonds. The maximum atomic E-state index is 6.05. The SMILES string of the molecule is CC[C@@H](N)c1ccccc1Oc1cc(C)[nH]n1. The van der Waals surface area contributed by atoms with Gasteiger partial charge in [0.2, 0.25) is 5.88 Å². The van der Waals surface area contributed by atoms with Crippen LogP contribution in [-0.4, -0.2) is 10.2 Å². The highest BCUT2D eigenvalue weighted by atomic mass is 16.5. The number of benzene rings is 1. The molecule has 4 nitrogen and oxygen atoms in total. The van der Waals surface area contributed by atoms with Crippen LogP contribution in [0.1, 0.15) is 30.6 Å². The number of hydrogen-bond acceptors (Lipinski definition) is 3. The Labute approximate surface area is 101 Å². The van der Waals surface area contributed by atoms with E-state index in [9.17, 15) is 0 Å². The van der Waals surface area contributed by atoms with E-state index in [0.29, 0.717) is 5.88 Å². The second kappa shape index (κ2) is 5.01. The molecule has 0 spiro atoms. The summed E-state index contributed by atoms with van der Waals surface area (Å²) in [5.41, 5.74) is 8.03. The van der Waals surface area contributed by atoms with Gasteiger partial charge in [0.25, 0.3) is 0 Å². The number of H-pyrrole nitrogens is 1. The summed E-state index contributed by atoms with van der Waals surface area (Å²) in [5.74, 6) is 1.34. The van der Waals surface area contributed by atoms with Crippen LogP contribution in [0.15, 0.2) is 30.3 Å². The third kappa shape index (κ3) is 2.65. The Kier molecular flexibility index (Phi) is 3.44. The van der Waals surface area contributed by atoms with Gasteiger partial charge in [-0.05, 0) is 19.4 Å². The molecule has 90 valence electrons. The molecule has 0 aliphatic carbocycles. The molecule has 0 unspecified atom stereocenters. The lowest BCUT2D eigenvalue weighted by molar-refractivity contribution is 0.449. The molecule has 1 aromatic carbocycles. The number of nitrogens with two attached hydrogens (primary N) is 1. The van der Waals surface area contributed by atoms with Crippen LogP contribution in [0.5, 0.6) is 11.6 Å². The highest BCUT2D eigenvalue weighted by Gasteiger charge is 2.11. The van der Waals surface area contributed by atoms with Crippen LogP contribution in [0.4, 0.5) is 0 Å². The van der Waals surface area contributed by atoms with Gasteiger partial charge in [-0.1, -0.05) is 25.1 Å². The average Bonchev–Trinajstić information content (AvgIpc) is 2.74. The van der Waals surface area contributed by atoms with Crippen molar-refractivity contribution in [1.82, 2.24) is 10.2 Å². The largest absolute Gasteiger partial charge is 0.437 e. The van der Waals surface area contributed by atoms with Crippen molar-refractivity contribution in [2.24, 2.45) is 5.73 Å². The molecule has 0 saturated carbocycles. The van der Waals surface area contributed by atoms with Crippen molar-refractivity contribution in [2.75, 3.05) is 0 Å². The Morgan fingerprint density at radius 1 is 1.41 bits per heavy atom. The standard InChI is InChI=1S/C13H17N3O/c1-3-11(14)10-6-4-5-7-12(10)17-13-8-9(2)15-16-13/h4-8,11H,3,14H2,1-2H3,(H,15,16)/t11-/m1/s1. The number of hydrogen-bond donors (Lipinski definition) is 2. The fourth-order valence-corrected chi connectivity index (χ4v) is 1.66. The van der Waals surface area contributed by atoms with Gasteiger partial charge in [0.1, 0.15) is 5.75 Å². The Hall–Kier alpha value is -1.81. The van der Waals surface area contributed by atoms with E-state index in [0.717, 1.165) is 23.4 Å². The smallest absolute Gasteiger partial charge is 0.238 e. The minimum atomic E-state index is -0.00811. The van der Waals surface area contributed by atoms with E-state index in [1.54, 1.807) is 0 Å². The second-order valence-electron chi connectivity index (χ2n) is 4.04. The Balaban J connectivity index is 2.26. The summed E-state index contributed by atoms with van der Waals surface area (Å²) in [6, 6.07) is 9.65. The number of aromatic nitrogens is 2. The quantitative estimate of drug-likeness (QED) is 0.850. The number of ether oxygens (including phenoxy) is 1. The molecule has 0 saturated heterocycles. The van der Waals surface area contributed by atoms with Crippen LogP contribution in [-0.2, 0) is 0 Å². The molecule has 1 heterocycles. The van der Waals surface area contributed by atoms with Gasteiger partial charge >= 0.3 is 0 Å². The second-order valence-corrected chi connectivity index (χ2v) is 4.04. The van der Waals surface area contributed by atoms with Crippen LogP contribution in [0, 0.1) is 6.92 Å². The molecule has 1 atom stereocenters. The van der Waals surface area contributed by atoms with Crippen molar-refractivity contribution in [1.29, 1.82) is 0 Å². The number of aromatic amines is 1. The van der Waals surface area contributed by atoms with Crippen LogP contribution < -0.4 is 10.5 Å². The molecule has 0 fully saturated rings. The first-order valence-electron chi connectivity index (χ1n) is 5.75. The van der Waals surface area contributed by atoms with Crippen molar-refractivity contribution in [3.63, 3.8) is 0 Å². The fourth-order valence-electron chi connectivity index (χ4n) is 1.66. The first kappa shape index (κ1) is 11.7. The molecule has 0 radical (unpaired) electrons. The monoisotopic (exact) mass is 231 g/mol. The molecule has 4 heteroatoms. The zero-order valence-corrected chi connectivity index (χ0v) is 10.1. The minimum absolute atomic E-state index is 0.00811. The van der Waals surface area contributed by atoms with Gasteiger partial charge in [-0.15, -0.1) is 5.10 Å². The van der Waals surface area contributed by atoms with Crippen LogP contribution >= 0.6 is 0 Å². The van der Waals surface area contributed by atoms with Crippen LogP contribution in [0.25, 0.3) is 0 Å². The maximum absolute atomic E-state index is 6.05. The highest BCUT2D eigenvalue weighted by molar-refractivity contribution is 5.38. The van der Waals surface area contributed by atoms with Crippen molar-refractivity contribution in [3.8, 4) is 11.6 Å². The van der Waals surface area contributed by atoms with E-state index in [2.05, 4.69) is 17.1 Å². The van der Waals surface area contributed by atoms with Gasteiger partial charge < -0.3 is 10.5 Å². The Morgan fingerprint density at radius 3 is 2.82 bits per heavy atom. The number of aryl methyl sites for hydroxylation is 1. The molecular formula is C13H17N3O. The number of rotatable bonds is 4. The summed E-state index contributed by atoms with van der Waals surface area (Å²) in [4.78, 5) is 0. The molecule has 2 rings (SSSR count). The number of nitrogens with one attached hydrogen (secondary N) is 1. The van der Waals surface area contributed by atoms with E-state index >= 15 is 0 Å². The van der Waals surface area contributed by atoms with Gasteiger partial charge in [-0.2, -0.15) is 0 Å². The summed E-state index contributed by atoms with van der Waals surface area (Å²) in [6.07, 6.45) is 0.875. The predicted octanol–water partition coefficient (Wildman–Crippen LogP) is 2.92. The molecule has 17 heavy (non-hydrogen) atoms. The first-order valence-corrected chi connectivity index (χ1v) is 5.75. The van der Waals surface area contributed by atoms with E-state index < -0.39 is 0 Å². The van der Waals surface area contributed by atoms with Crippen molar-refractivity contribution < 1.29 is 4.74 Å². The summed E-state index contributed by atoms with van der Waals surface area (Å²) in [6.45, 7) is 3.99. The molecular weight excluding hydrogens is 214 g/mol. The van der Waals surface area contributed by atoms with E-state index in [-0.39, 0.29) is 6.04 Å². The lowest BCUT2D eigenvalue weighted by atomic mass is 10.0. The van der Waals surface area contributed by atoms with Gasteiger partial charge in [-0.3, -0.25) is 5.10 Å². The van der Waals surface area contributed by atoms with Crippen molar-refractivity contribution in [2.45, 2.75) is 26.3 Å². The maximum Gasteiger partial charge on any atom is 0.238 e. The van der Waals surface area contributed by atoms with Gasteiger partial charge in [0.05, 0.1) is 0 Å². The third-order valence-electron chi connectivity index (χ3n) is 2.66. The topological polar surface area (TPSA) is 63.9 Å². The molecule has 2 aromatic rings.